The van der Waals surface area contributed by atoms with Gasteiger partial charge in [0.05, 0.1) is 5.52 Å². The Labute approximate surface area is 138 Å². The van der Waals surface area contributed by atoms with Crippen LogP contribution in [-0.2, 0) is 0 Å². The third-order valence-electron chi connectivity index (χ3n) is 3.41. The lowest BCUT2D eigenvalue weighted by Gasteiger charge is -2.04. The first-order valence-electron chi connectivity index (χ1n) is 7.31. The number of fused-ring (bicyclic) bond motifs is 1. The molecule has 0 saturated carbocycles. The van der Waals surface area contributed by atoms with Crippen molar-refractivity contribution in [2.24, 2.45) is 0 Å². The van der Waals surface area contributed by atoms with Gasteiger partial charge in [-0.2, -0.15) is 0 Å². The summed E-state index contributed by atoms with van der Waals surface area (Å²) < 4.78 is 0. The standard InChI is InChI=1S/C19H13N3S/c1-2-8-15(9-3-1)23-18-12-6-11-17(21-18)19-20-13-14-7-4-5-10-16(14)22-19/h1-13H. The van der Waals surface area contributed by atoms with E-state index in [0.29, 0.717) is 5.82 Å². The summed E-state index contributed by atoms with van der Waals surface area (Å²) >= 11 is 1.63. The third kappa shape index (κ3) is 3.07. The third-order valence-corrected chi connectivity index (χ3v) is 4.35. The van der Waals surface area contributed by atoms with Gasteiger partial charge in [0.15, 0.2) is 5.82 Å². The number of hydrogen-bond acceptors (Lipinski definition) is 4. The van der Waals surface area contributed by atoms with Crippen molar-refractivity contribution in [3.05, 3.63) is 79.0 Å². The maximum Gasteiger partial charge on any atom is 0.178 e. The highest BCUT2D eigenvalue weighted by molar-refractivity contribution is 7.99. The fraction of sp³-hybridized carbons (Fsp3) is 0. The van der Waals surface area contributed by atoms with E-state index in [9.17, 15) is 0 Å². The fourth-order valence-electron chi connectivity index (χ4n) is 2.30. The maximum atomic E-state index is 4.68. The van der Waals surface area contributed by atoms with Crippen molar-refractivity contribution in [2.45, 2.75) is 9.92 Å². The predicted molar refractivity (Wildman–Crippen MR) is 93.3 cm³/mol. The molecule has 0 amide bonds. The molecule has 110 valence electrons. The van der Waals surface area contributed by atoms with E-state index >= 15 is 0 Å². The Hall–Kier alpha value is -2.72. The van der Waals surface area contributed by atoms with Crippen molar-refractivity contribution in [1.29, 1.82) is 0 Å². The van der Waals surface area contributed by atoms with E-state index in [-0.39, 0.29) is 0 Å². The lowest BCUT2D eigenvalue weighted by Crippen LogP contribution is -1.93. The number of pyridine rings is 1. The number of nitrogens with zero attached hydrogens (tertiary/aromatic N) is 3. The average Bonchev–Trinajstić information content (AvgIpc) is 2.62. The lowest BCUT2D eigenvalue weighted by molar-refractivity contribution is 1.09. The molecule has 2 aromatic heterocycles. The molecule has 2 aromatic carbocycles. The van der Waals surface area contributed by atoms with Crippen molar-refractivity contribution in [2.75, 3.05) is 0 Å². The molecule has 0 N–H and O–H groups in total. The summed E-state index contributed by atoms with van der Waals surface area (Å²) in [6, 6.07) is 24.1. The van der Waals surface area contributed by atoms with Gasteiger partial charge in [-0.1, -0.05) is 54.2 Å². The summed E-state index contributed by atoms with van der Waals surface area (Å²) in [5, 5.41) is 1.97. The monoisotopic (exact) mass is 315 g/mol. The van der Waals surface area contributed by atoms with Gasteiger partial charge >= 0.3 is 0 Å². The van der Waals surface area contributed by atoms with Gasteiger partial charge in [-0.15, -0.1) is 0 Å². The summed E-state index contributed by atoms with van der Waals surface area (Å²) in [5.41, 5.74) is 1.72. The van der Waals surface area contributed by atoms with E-state index in [1.807, 2.05) is 66.9 Å². The molecule has 0 aliphatic heterocycles. The van der Waals surface area contributed by atoms with Gasteiger partial charge in [-0.05, 0) is 30.3 Å². The molecule has 0 spiro atoms. The van der Waals surface area contributed by atoms with Crippen LogP contribution in [0.3, 0.4) is 0 Å². The first kappa shape index (κ1) is 13.9. The van der Waals surface area contributed by atoms with Crippen LogP contribution >= 0.6 is 11.8 Å². The zero-order chi connectivity index (χ0) is 15.5. The second-order valence-electron chi connectivity index (χ2n) is 5.03. The van der Waals surface area contributed by atoms with Crippen LogP contribution in [0.2, 0.25) is 0 Å². The van der Waals surface area contributed by atoms with Crippen molar-refractivity contribution in [3.8, 4) is 11.5 Å². The van der Waals surface area contributed by atoms with Crippen LogP contribution in [0.4, 0.5) is 0 Å². The van der Waals surface area contributed by atoms with Crippen molar-refractivity contribution < 1.29 is 0 Å². The van der Waals surface area contributed by atoms with Gasteiger partial charge in [0.2, 0.25) is 0 Å². The molecule has 23 heavy (non-hydrogen) atoms. The summed E-state index contributed by atoms with van der Waals surface area (Å²) in [6.45, 7) is 0. The Bertz CT molecular complexity index is 955. The van der Waals surface area contributed by atoms with Gasteiger partial charge in [0, 0.05) is 16.5 Å². The Kier molecular flexibility index (Phi) is 3.74. The van der Waals surface area contributed by atoms with Gasteiger partial charge in [-0.25, -0.2) is 15.0 Å². The normalized spacial score (nSPS) is 10.8. The molecule has 0 unspecified atom stereocenters. The van der Waals surface area contributed by atoms with Crippen LogP contribution in [0.15, 0.2) is 88.9 Å². The van der Waals surface area contributed by atoms with Crippen LogP contribution in [0.25, 0.3) is 22.4 Å². The number of hydrogen-bond donors (Lipinski definition) is 0. The lowest BCUT2D eigenvalue weighted by atomic mass is 10.2. The molecule has 4 heteroatoms. The first-order chi connectivity index (χ1) is 11.4. The first-order valence-corrected chi connectivity index (χ1v) is 8.12. The van der Waals surface area contributed by atoms with Crippen LogP contribution in [-0.4, -0.2) is 15.0 Å². The molecule has 4 rings (SSSR count). The van der Waals surface area contributed by atoms with E-state index in [2.05, 4.69) is 27.1 Å². The molecule has 2 heterocycles. The molecular formula is C19H13N3S. The van der Waals surface area contributed by atoms with Gasteiger partial charge in [0.25, 0.3) is 0 Å². The quantitative estimate of drug-likeness (QED) is 0.542. The second kappa shape index (κ2) is 6.18. The number of rotatable bonds is 3. The van der Waals surface area contributed by atoms with Crippen LogP contribution < -0.4 is 0 Å². The van der Waals surface area contributed by atoms with E-state index in [1.165, 1.54) is 0 Å². The number of para-hydroxylation sites is 1. The van der Waals surface area contributed by atoms with Gasteiger partial charge in [0.1, 0.15) is 10.7 Å². The molecule has 0 radical (unpaired) electrons. The fourth-order valence-corrected chi connectivity index (χ4v) is 3.13. The van der Waals surface area contributed by atoms with E-state index in [0.717, 1.165) is 26.5 Å². The summed E-state index contributed by atoms with van der Waals surface area (Å²) in [7, 11) is 0. The van der Waals surface area contributed by atoms with E-state index in [1.54, 1.807) is 11.8 Å². The highest BCUT2D eigenvalue weighted by Gasteiger charge is 2.06. The van der Waals surface area contributed by atoms with Crippen molar-refractivity contribution in [3.63, 3.8) is 0 Å². The second-order valence-corrected chi connectivity index (χ2v) is 6.12. The Morgan fingerprint density at radius 2 is 1.52 bits per heavy atom. The maximum absolute atomic E-state index is 4.68. The van der Waals surface area contributed by atoms with Crippen molar-refractivity contribution >= 4 is 22.7 Å². The van der Waals surface area contributed by atoms with E-state index < -0.39 is 0 Å². The molecule has 0 atom stereocenters. The van der Waals surface area contributed by atoms with Crippen LogP contribution in [0.1, 0.15) is 0 Å². The molecule has 0 bridgehead atoms. The Balaban J connectivity index is 1.69. The number of aromatic nitrogens is 3. The number of benzene rings is 2. The Morgan fingerprint density at radius 3 is 2.43 bits per heavy atom. The minimum Gasteiger partial charge on any atom is -0.238 e. The largest absolute Gasteiger partial charge is 0.238 e. The predicted octanol–water partition coefficient (Wildman–Crippen LogP) is 4.84. The molecule has 0 aliphatic carbocycles. The van der Waals surface area contributed by atoms with Crippen LogP contribution in [0, 0.1) is 0 Å². The Morgan fingerprint density at radius 1 is 0.696 bits per heavy atom. The van der Waals surface area contributed by atoms with E-state index in [4.69, 9.17) is 0 Å². The van der Waals surface area contributed by atoms with Crippen molar-refractivity contribution in [1.82, 2.24) is 15.0 Å². The molecule has 4 aromatic rings. The highest BCUT2D eigenvalue weighted by Crippen LogP contribution is 2.27. The SMILES string of the molecule is c1ccc(Sc2cccc(-c3ncc4ccccc4n3)n2)cc1. The topological polar surface area (TPSA) is 38.7 Å². The smallest absolute Gasteiger partial charge is 0.178 e. The zero-order valence-electron chi connectivity index (χ0n) is 12.3. The summed E-state index contributed by atoms with van der Waals surface area (Å²) in [5.74, 6) is 0.652. The minimum absolute atomic E-state index is 0.652. The zero-order valence-corrected chi connectivity index (χ0v) is 13.1. The minimum atomic E-state index is 0.652. The molecule has 0 fully saturated rings. The highest BCUT2D eigenvalue weighted by atomic mass is 32.2. The average molecular weight is 315 g/mol. The van der Waals surface area contributed by atoms with Crippen LogP contribution in [0.5, 0.6) is 0 Å². The molecule has 3 nitrogen and oxygen atoms in total. The van der Waals surface area contributed by atoms with Gasteiger partial charge < -0.3 is 0 Å². The molecule has 0 saturated heterocycles. The molecular weight excluding hydrogens is 302 g/mol. The van der Waals surface area contributed by atoms with Gasteiger partial charge in [-0.3, -0.25) is 0 Å². The summed E-state index contributed by atoms with van der Waals surface area (Å²) in [4.78, 5) is 14.9. The molecule has 0 aliphatic rings. The summed E-state index contributed by atoms with van der Waals surface area (Å²) in [6.07, 6.45) is 1.84.